The molecule has 0 aliphatic carbocycles. The van der Waals surface area contributed by atoms with Crippen LogP contribution in [0.25, 0.3) is 11.1 Å². The highest BCUT2D eigenvalue weighted by molar-refractivity contribution is 5.74. The molecule has 0 saturated carbocycles. The predicted octanol–water partition coefficient (Wildman–Crippen LogP) is 4.62. The van der Waals surface area contributed by atoms with Gasteiger partial charge in [-0.1, -0.05) is 49.4 Å². The highest BCUT2D eigenvalue weighted by Gasteiger charge is 2.20. The van der Waals surface area contributed by atoms with Gasteiger partial charge in [-0.25, -0.2) is 0 Å². The number of phenolic OH excluding ortho intramolecular Hbond substituents is 3. The van der Waals surface area contributed by atoms with Gasteiger partial charge in [0.15, 0.2) is 0 Å². The Hall–Kier alpha value is -2.94. The lowest BCUT2D eigenvalue weighted by Crippen LogP contribution is -1.98. The first-order chi connectivity index (χ1) is 11.1. The van der Waals surface area contributed by atoms with Gasteiger partial charge in [0.2, 0.25) is 0 Å². The molecule has 3 heteroatoms. The van der Waals surface area contributed by atoms with Crippen molar-refractivity contribution in [3.05, 3.63) is 77.9 Å². The molecule has 3 N–H and O–H groups in total. The quantitative estimate of drug-likeness (QED) is 0.661. The van der Waals surface area contributed by atoms with E-state index in [9.17, 15) is 15.3 Å². The molecule has 23 heavy (non-hydrogen) atoms. The summed E-state index contributed by atoms with van der Waals surface area (Å²) in [5, 5.41) is 30.3. The van der Waals surface area contributed by atoms with Gasteiger partial charge in [0.25, 0.3) is 0 Å². The van der Waals surface area contributed by atoms with E-state index < -0.39 is 0 Å². The summed E-state index contributed by atoms with van der Waals surface area (Å²) in [6, 6.07) is 19.6. The van der Waals surface area contributed by atoms with Crippen LogP contribution >= 0.6 is 0 Å². The Morgan fingerprint density at radius 3 is 2.04 bits per heavy atom. The molecule has 3 aromatic carbocycles. The van der Waals surface area contributed by atoms with Crippen LogP contribution in [0.2, 0.25) is 0 Å². The minimum absolute atomic E-state index is 0.0621. The van der Waals surface area contributed by atoms with E-state index in [1.165, 1.54) is 0 Å². The summed E-state index contributed by atoms with van der Waals surface area (Å²) in [6.45, 7) is 1.95. The highest BCUT2D eigenvalue weighted by atomic mass is 16.3. The molecule has 0 heterocycles. The maximum atomic E-state index is 10.7. The molecule has 116 valence electrons. The third-order valence-electron chi connectivity index (χ3n) is 4.10. The van der Waals surface area contributed by atoms with E-state index in [0.717, 1.165) is 11.1 Å². The van der Waals surface area contributed by atoms with Gasteiger partial charge in [0, 0.05) is 17.0 Å². The fraction of sp³-hybridized carbons (Fsp3) is 0.100. The smallest absolute Gasteiger partial charge is 0.130 e. The molecule has 1 unspecified atom stereocenters. The SMILES string of the molecule is CC(c1ccccc1)c1c(O)ccc(-c2ccc(O)cc2)c1O. The second-order valence-corrected chi connectivity index (χ2v) is 5.57. The lowest BCUT2D eigenvalue weighted by molar-refractivity contribution is 0.436. The van der Waals surface area contributed by atoms with Crippen molar-refractivity contribution >= 4 is 0 Å². The molecular formula is C20H18O3. The standard InChI is InChI=1S/C20H18O3/c1-13(14-5-3-2-4-6-14)19-18(22)12-11-17(20(19)23)15-7-9-16(21)10-8-15/h2-13,21-23H,1H3. The van der Waals surface area contributed by atoms with E-state index in [-0.39, 0.29) is 23.2 Å². The summed E-state index contributed by atoms with van der Waals surface area (Å²) in [7, 11) is 0. The first-order valence-electron chi connectivity index (χ1n) is 7.47. The molecular weight excluding hydrogens is 288 g/mol. The number of hydrogen-bond acceptors (Lipinski definition) is 3. The van der Waals surface area contributed by atoms with Crippen molar-refractivity contribution in [3.63, 3.8) is 0 Å². The number of aromatic hydroxyl groups is 3. The zero-order valence-corrected chi connectivity index (χ0v) is 12.8. The first-order valence-corrected chi connectivity index (χ1v) is 7.47. The molecule has 0 radical (unpaired) electrons. The monoisotopic (exact) mass is 306 g/mol. The number of phenols is 3. The number of benzene rings is 3. The van der Waals surface area contributed by atoms with Crippen LogP contribution in [-0.2, 0) is 0 Å². The minimum Gasteiger partial charge on any atom is -0.508 e. The predicted molar refractivity (Wildman–Crippen MR) is 90.8 cm³/mol. The van der Waals surface area contributed by atoms with Crippen LogP contribution < -0.4 is 0 Å². The molecule has 0 saturated heterocycles. The van der Waals surface area contributed by atoms with Crippen molar-refractivity contribution in [3.8, 4) is 28.4 Å². The third kappa shape index (κ3) is 2.86. The molecule has 0 aliphatic heterocycles. The summed E-state index contributed by atoms with van der Waals surface area (Å²) in [5.74, 6) is 0.159. The van der Waals surface area contributed by atoms with Gasteiger partial charge in [-0.05, 0) is 35.4 Å². The Kier molecular flexibility index (Phi) is 3.94. The van der Waals surface area contributed by atoms with Crippen LogP contribution in [0.3, 0.4) is 0 Å². The van der Waals surface area contributed by atoms with Crippen LogP contribution in [0.15, 0.2) is 66.7 Å². The minimum atomic E-state index is -0.145. The molecule has 1 atom stereocenters. The van der Waals surface area contributed by atoms with Gasteiger partial charge in [-0.2, -0.15) is 0 Å². The van der Waals surface area contributed by atoms with E-state index in [0.29, 0.717) is 11.1 Å². The van der Waals surface area contributed by atoms with Gasteiger partial charge in [0.1, 0.15) is 17.2 Å². The Bertz CT molecular complexity index is 808. The van der Waals surface area contributed by atoms with Crippen molar-refractivity contribution in [2.75, 3.05) is 0 Å². The van der Waals surface area contributed by atoms with Crippen LogP contribution in [-0.4, -0.2) is 15.3 Å². The maximum absolute atomic E-state index is 10.7. The molecule has 0 fully saturated rings. The molecule has 0 aromatic heterocycles. The Morgan fingerprint density at radius 1 is 0.739 bits per heavy atom. The van der Waals surface area contributed by atoms with Gasteiger partial charge in [-0.15, -0.1) is 0 Å². The van der Waals surface area contributed by atoms with Gasteiger partial charge >= 0.3 is 0 Å². The Balaban J connectivity index is 2.11. The molecule has 3 rings (SSSR count). The van der Waals surface area contributed by atoms with Crippen LogP contribution in [0.4, 0.5) is 0 Å². The fourth-order valence-corrected chi connectivity index (χ4v) is 2.81. The van der Waals surface area contributed by atoms with Crippen molar-refractivity contribution in [2.45, 2.75) is 12.8 Å². The molecule has 3 nitrogen and oxygen atoms in total. The van der Waals surface area contributed by atoms with E-state index >= 15 is 0 Å². The number of hydrogen-bond donors (Lipinski definition) is 3. The van der Waals surface area contributed by atoms with Gasteiger partial charge in [-0.3, -0.25) is 0 Å². The third-order valence-corrected chi connectivity index (χ3v) is 4.10. The average molecular weight is 306 g/mol. The van der Waals surface area contributed by atoms with Crippen molar-refractivity contribution < 1.29 is 15.3 Å². The lowest BCUT2D eigenvalue weighted by Gasteiger charge is -2.18. The van der Waals surface area contributed by atoms with Gasteiger partial charge in [0.05, 0.1) is 0 Å². The summed E-state index contributed by atoms with van der Waals surface area (Å²) < 4.78 is 0. The van der Waals surface area contributed by atoms with Crippen LogP contribution in [0, 0.1) is 0 Å². The fourth-order valence-electron chi connectivity index (χ4n) is 2.81. The Morgan fingerprint density at radius 2 is 1.39 bits per heavy atom. The average Bonchev–Trinajstić information content (AvgIpc) is 2.57. The van der Waals surface area contributed by atoms with E-state index in [1.54, 1.807) is 36.4 Å². The second kappa shape index (κ2) is 6.05. The molecule has 3 aromatic rings. The van der Waals surface area contributed by atoms with Crippen molar-refractivity contribution in [1.82, 2.24) is 0 Å². The topological polar surface area (TPSA) is 60.7 Å². The highest BCUT2D eigenvalue weighted by Crippen LogP contribution is 2.43. The van der Waals surface area contributed by atoms with Crippen LogP contribution in [0.5, 0.6) is 17.2 Å². The molecule has 0 amide bonds. The summed E-state index contributed by atoms with van der Waals surface area (Å²) in [4.78, 5) is 0. The van der Waals surface area contributed by atoms with E-state index in [1.807, 2.05) is 37.3 Å². The second-order valence-electron chi connectivity index (χ2n) is 5.57. The van der Waals surface area contributed by atoms with Crippen molar-refractivity contribution in [1.29, 1.82) is 0 Å². The maximum Gasteiger partial charge on any atom is 0.130 e. The zero-order valence-electron chi connectivity index (χ0n) is 12.8. The van der Waals surface area contributed by atoms with Gasteiger partial charge < -0.3 is 15.3 Å². The molecule has 0 spiro atoms. The molecule has 0 bridgehead atoms. The molecule has 0 aliphatic rings. The Labute approximate surface area is 135 Å². The number of rotatable bonds is 3. The zero-order chi connectivity index (χ0) is 16.4. The van der Waals surface area contributed by atoms with E-state index in [4.69, 9.17) is 0 Å². The van der Waals surface area contributed by atoms with Crippen molar-refractivity contribution in [2.24, 2.45) is 0 Å². The summed E-state index contributed by atoms with van der Waals surface area (Å²) in [5.41, 5.74) is 2.92. The summed E-state index contributed by atoms with van der Waals surface area (Å²) >= 11 is 0. The normalized spacial score (nSPS) is 12.0. The summed E-state index contributed by atoms with van der Waals surface area (Å²) in [6.07, 6.45) is 0. The lowest BCUT2D eigenvalue weighted by atomic mass is 9.89. The first kappa shape index (κ1) is 15.0. The van der Waals surface area contributed by atoms with Crippen LogP contribution in [0.1, 0.15) is 24.0 Å². The largest absolute Gasteiger partial charge is 0.508 e. The van der Waals surface area contributed by atoms with E-state index in [2.05, 4.69) is 0 Å².